The Morgan fingerprint density at radius 3 is 2.57 bits per heavy atom. The maximum atomic E-state index is 11.2. The van der Waals surface area contributed by atoms with Gasteiger partial charge in [-0.15, -0.1) is 0 Å². The van der Waals surface area contributed by atoms with Crippen molar-refractivity contribution in [3.8, 4) is 22.8 Å². The number of methoxy groups -OCH3 is 2. The summed E-state index contributed by atoms with van der Waals surface area (Å²) in [5.41, 5.74) is 2.00. The van der Waals surface area contributed by atoms with Crippen molar-refractivity contribution in [2.45, 2.75) is 0 Å². The molecule has 0 aliphatic carbocycles. The Balaban J connectivity index is 2.29. The molecule has 0 aliphatic rings. The molecule has 4 nitrogen and oxygen atoms in total. The average Bonchev–Trinajstić information content (AvgIpc) is 2.93. The highest BCUT2D eigenvalue weighted by atomic mass is 16.5. The first-order chi connectivity index (χ1) is 10.3. The number of benzene rings is 2. The molecule has 0 atom stereocenters. The lowest BCUT2D eigenvalue weighted by Crippen LogP contribution is -1.88. The normalized spacial score (nSPS) is 10.6. The summed E-state index contributed by atoms with van der Waals surface area (Å²) in [5.74, 6) is 1.87. The third kappa shape index (κ3) is 2.14. The number of hydrogen-bond acceptors (Lipinski definition) is 4. The third-order valence-electron chi connectivity index (χ3n) is 3.37. The van der Waals surface area contributed by atoms with Crippen LogP contribution < -0.4 is 9.47 Å². The fourth-order valence-electron chi connectivity index (χ4n) is 2.39. The smallest absolute Gasteiger partial charge is 0.177 e. The van der Waals surface area contributed by atoms with Crippen LogP contribution in [0.15, 0.2) is 46.9 Å². The highest BCUT2D eigenvalue weighted by Gasteiger charge is 2.19. The van der Waals surface area contributed by atoms with Gasteiger partial charge in [0.25, 0.3) is 0 Å². The summed E-state index contributed by atoms with van der Waals surface area (Å²) in [5, 5.41) is 0.688. The van der Waals surface area contributed by atoms with Crippen LogP contribution in [-0.4, -0.2) is 20.5 Å². The van der Waals surface area contributed by atoms with Crippen molar-refractivity contribution in [1.29, 1.82) is 0 Å². The Bertz CT molecular complexity index is 802. The minimum Gasteiger partial charge on any atom is -0.497 e. The number of rotatable bonds is 4. The minimum absolute atomic E-state index is 0.544. The van der Waals surface area contributed by atoms with Crippen LogP contribution in [0.5, 0.6) is 11.5 Å². The van der Waals surface area contributed by atoms with E-state index in [4.69, 9.17) is 13.9 Å². The predicted octanol–water partition coefficient (Wildman–Crippen LogP) is 3.93. The molecule has 1 aromatic heterocycles. The standard InChI is InChI=1S/C17H14O4/c1-19-13-7-3-5-11(9-13)16-17(20-2)15-12(10-18)6-4-8-14(15)21-16/h3-10H,1-2H3. The molecular weight excluding hydrogens is 268 g/mol. The van der Waals surface area contributed by atoms with E-state index < -0.39 is 0 Å². The zero-order chi connectivity index (χ0) is 14.8. The topological polar surface area (TPSA) is 48.7 Å². The second-order valence-electron chi connectivity index (χ2n) is 4.53. The SMILES string of the molecule is COc1cccc(-c2oc3cccc(C=O)c3c2OC)c1. The second kappa shape index (κ2) is 5.32. The van der Waals surface area contributed by atoms with Gasteiger partial charge in [0.2, 0.25) is 0 Å². The molecular formula is C17H14O4. The summed E-state index contributed by atoms with van der Waals surface area (Å²) < 4.78 is 16.6. The molecule has 0 fully saturated rings. The van der Waals surface area contributed by atoms with Crippen LogP contribution in [0.2, 0.25) is 0 Å². The van der Waals surface area contributed by atoms with Gasteiger partial charge >= 0.3 is 0 Å². The van der Waals surface area contributed by atoms with Crippen LogP contribution >= 0.6 is 0 Å². The van der Waals surface area contributed by atoms with E-state index in [0.29, 0.717) is 28.0 Å². The first-order valence-corrected chi connectivity index (χ1v) is 6.47. The summed E-state index contributed by atoms with van der Waals surface area (Å²) in [6.45, 7) is 0. The molecule has 0 saturated heterocycles. The van der Waals surface area contributed by atoms with Crippen molar-refractivity contribution in [2.24, 2.45) is 0 Å². The molecule has 0 spiro atoms. The number of carbonyl (C=O) groups is 1. The van der Waals surface area contributed by atoms with Gasteiger partial charge in [0.05, 0.1) is 19.6 Å². The number of furan rings is 1. The highest BCUT2D eigenvalue weighted by Crippen LogP contribution is 2.41. The van der Waals surface area contributed by atoms with Gasteiger partial charge in [-0.05, 0) is 18.2 Å². The zero-order valence-corrected chi connectivity index (χ0v) is 11.8. The Morgan fingerprint density at radius 2 is 1.86 bits per heavy atom. The lowest BCUT2D eigenvalue weighted by Gasteiger charge is -2.04. The lowest BCUT2D eigenvalue weighted by atomic mass is 10.1. The minimum atomic E-state index is 0.544. The molecule has 0 bridgehead atoms. The second-order valence-corrected chi connectivity index (χ2v) is 4.53. The molecule has 0 aliphatic heterocycles. The quantitative estimate of drug-likeness (QED) is 0.680. The summed E-state index contributed by atoms with van der Waals surface area (Å²) >= 11 is 0. The van der Waals surface area contributed by atoms with Gasteiger partial charge in [0.15, 0.2) is 17.8 Å². The van der Waals surface area contributed by atoms with Gasteiger partial charge in [-0.1, -0.05) is 24.3 Å². The van der Waals surface area contributed by atoms with E-state index in [0.717, 1.165) is 17.6 Å². The van der Waals surface area contributed by atoms with E-state index in [2.05, 4.69) is 0 Å². The molecule has 4 heteroatoms. The van der Waals surface area contributed by atoms with Crippen molar-refractivity contribution in [3.05, 3.63) is 48.0 Å². The van der Waals surface area contributed by atoms with Crippen molar-refractivity contribution < 1.29 is 18.7 Å². The Morgan fingerprint density at radius 1 is 1.05 bits per heavy atom. The van der Waals surface area contributed by atoms with Crippen molar-refractivity contribution in [2.75, 3.05) is 14.2 Å². The molecule has 0 N–H and O–H groups in total. The third-order valence-corrected chi connectivity index (χ3v) is 3.37. The van der Waals surface area contributed by atoms with Crippen molar-refractivity contribution in [1.82, 2.24) is 0 Å². The van der Waals surface area contributed by atoms with E-state index in [9.17, 15) is 4.79 Å². The van der Waals surface area contributed by atoms with Gasteiger partial charge in [0.1, 0.15) is 11.3 Å². The molecule has 3 rings (SSSR count). The van der Waals surface area contributed by atoms with E-state index in [1.165, 1.54) is 0 Å². The molecule has 0 saturated carbocycles. The van der Waals surface area contributed by atoms with Crippen molar-refractivity contribution in [3.63, 3.8) is 0 Å². The number of hydrogen-bond donors (Lipinski definition) is 0. The van der Waals surface area contributed by atoms with Crippen LogP contribution in [0.25, 0.3) is 22.3 Å². The Hall–Kier alpha value is -2.75. The molecule has 0 unspecified atom stereocenters. The van der Waals surface area contributed by atoms with E-state index >= 15 is 0 Å². The summed E-state index contributed by atoms with van der Waals surface area (Å²) in [6, 6.07) is 12.8. The monoisotopic (exact) mass is 282 g/mol. The number of aldehydes is 1. The highest BCUT2D eigenvalue weighted by molar-refractivity contribution is 6.03. The van der Waals surface area contributed by atoms with Gasteiger partial charge in [-0.3, -0.25) is 4.79 Å². The fourth-order valence-corrected chi connectivity index (χ4v) is 2.39. The first kappa shape index (κ1) is 13.2. The van der Waals surface area contributed by atoms with Crippen LogP contribution in [0, 0.1) is 0 Å². The van der Waals surface area contributed by atoms with Gasteiger partial charge in [0, 0.05) is 11.1 Å². The van der Waals surface area contributed by atoms with Gasteiger partial charge in [-0.2, -0.15) is 0 Å². The van der Waals surface area contributed by atoms with Gasteiger partial charge < -0.3 is 13.9 Å². The van der Waals surface area contributed by atoms with Crippen LogP contribution in [0.1, 0.15) is 10.4 Å². The number of ether oxygens (including phenoxy) is 2. The summed E-state index contributed by atoms with van der Waals surface area (Å²) in [7, 11) is 3.18. The summed E-state index contributed by atoms with van der Waals surface area (Å²) in [6.07, 6.45) is 0.801. The number of carbonyl (C=O) groups excluding carboxylic acids is 1. The maximum absolute atomic E-state index is 11.2. The number of fused-ring (bicyclic) bond motifs is 1. The largest absolute Gasteiger partial charge is 0.497 e. The zero-order valence-electron chi connectivity index (χ0n) is 11.8. The van der Waals surface area contributed by atoms with Crippen LogP contribution in [0.4, 0.5) is 0 Å². The molecule has 2 aromatic carbocycles. The Kier molecular flexibility index (Phi) is 3.36. The van der Waals surface area contributed by atoms with Crippen LogP contribution in [0.3, 0.4) is 0 Å². The molecule has 1 heterocycles. The molecule has 0 radical (unpaired) electrons. The molecule has 106 valence electrons. The Labute approximate surface area is 121 Å². The fraction of sp³-hybridized carbons (Fsp3) is 0.118. The predicted molar refractivity (Wildman–Crippen MR) is 80.1 cm³/mol. The summed E-state index contributed by atoms with van der Waals surface area (Å²) in [4.78, 5) is 11.2. The lowest BCUT2D eigenvalue weighted by molar-refractivity contribution is 0.112. The molecule has 0 amide bonds. The van der Waals surface area contributed by atoms with E-state index in [1.54, 1.807) is 26.4 Å². The van der Waals surface area contributed by atoms with Crippen molar-refractivity contribution >= 4 is 17.3 Å². The first-order valence-electron chi connectivity index (χ1n) is 6.47. The van der Waals surface area contributed by atoms with E-state index in [-0.39, 0.29) is 0 Å². The molecule has 3 aromatic rings. The van der Waals surface area contributed by atoms with Gasteiger partial charge in [-0.25, -0.2) is 0 Å². The maximum Gasteiger partial charge on any atom is 0.177 e. The van der Waals surface area contributed by atoms with Crippen LogP contribution in [-0.2, 0) is 0 Å². The molecule has 21 heavy (non-hydrogen) atoms. The average molecular weight is 282 g/mol. The van der Waals surface area contributed by atoms with E-state index in [1.807, 2.05) is 30.3 Å².